The number of hydrogen-bond acceptors (Lipinski definition) is 3. The van der Waals surface area contributed by atoms with Crippen molar-refractivity contribution in [2.75, 3.05) is 0 Å². The van der Waals surface area contributed by atoms with Crippen molar-refractivity contribution in [1.82, 2.24) is 0 Å². The van der Waals surface area contributed by atoms with Gasteiger partial charge in [-0.25, -0.2) is 0 Å². The molecule has 0 amide bonds. The van der Waals surface area contributed by atoms with Crippen molar-refractivity contribution in [2.24, 2.45) is 0 Å². The second-order valence-electron chi connectivity index (χ2n) is 3.48. The number of carbonyl (C=O) groups is 2. The average Bonchev–Trinajstić information content (AvgIpc) is 1.79. The van der Waals surface area contributed by atoms with Crippen LogP contribution in [0.1, 0.15) is 33.6 Å². The first-order chi connectivity index (χ1) is 5.31. The summed E-state index contributed by atoms with van der Waals surface area (Å²) in [5.74, 6) is -1.45. The van der Waals surface area contributed by atoms with E-state index in [-0.39, 0.29) is 35.2 Å². The van der Waals surface area contributed by atoms with Gasteiger partial charge in [0.1, 0.15) is 5.60 Å². The fourth-order valence-corrected chi connectivity index (χ4v) is 0.602. The largest absolute Gasteiger partial charge is 0.481 e. The average molecular weight is 282 g/mol. The maximum absolute atomic E-state index is 10.9. The van der Waals surface area contributed by atoms with Gasteiger partial charge in [0.05, 0.1) is 12.8 Å². The zero-order chi connectivity index (χ0) is 9.78. The van der Waals surface area contributed by atoms with E-state index in [1.165, 1.54) is 0 Å². The van der Waals surface area contributed by atoms with E-state index in [1.807, 2.05) is 0 Å². The van der Waals surface area contributed by atoms with Gasteiger partial charge in [0.2, 0.25) is 0 Å². The van der Waals surface area contributed by atoms with Gasteiger partial charge in [0.25, 0.3) is 0 Å². The Morgan fingerprint density at radius 2 is 1.69 bits per heavy atom. The van der Waals surface area contributed by atoms with Crippen LogP contribution >= 0.6 is 0 Å². The Kier molecular flexibility index (Phi) is 7.21. The molecule has 0 aromatic rings. The summed E-state index contributed by atoms with van der Waals surface area (Å²) >= 11 is 0. The van der Waals surface area contributed by atoms with Gasteiger partial charge >= 0.3 is 11.9 Å². The minimum absolute atomic E-state index is 0. The zero-order valence-corrected chi connectivity index (χ0v) is 9.37. The second kappa shape index (κ2) is 6.18. The number of carboxylic acids is 1. The van der Waals surface area contributed by atoms with Crippen LogP contribution in [-0.2, 0) is 36.7 Å². The molecule has 0 rings (SSSR count). The minimum Gasteiger partial charge on any atom is -0.481 e. The van der Waals surface area contributed by atoms with E-state index >= 15 is 0 Å². The van der Waals surface area contributed by atoms with Gasteiger partial charge in [-0.1, -0.05) is 0 Å². The summed E-state index contributed by atoms with van der Waals surface area (Å²) in [6.45, 7) is 5.23. The van der Waals surface area contributed by atoms with Crippen LogP contribution in [0.15, 0.2) is 0 Å². The second-order valence-corrected chi connectivity index (χ2v) is 3.48. The number of rotatable bonds is 3. The summed E-state index contributed by atoms with van der Waals surface area (Å²) in [6.07, 6.45) is -0.235. The molecular weight excluding hydrogens is 268 g/mol. The molecule has 1 radical (unpaired) electrons. The van der Waals surface area contributed by atoms with Crippen LogP contribution in [0.4, 0.5) is 0 Å². The van der Waals surface area contributed by atoms with Gasteiger partial charge in [0.15, 0.2) is 0 Å². The quantitative estimate of drug-likeness (QED) is 0.624. The van der Waals surface area contributed by atoms with Crippen molar-refractivity contribution >= 4 is 11.9 Å². The molecule has 4 nitrogen and oxygen atoms in total. The molecule has 81 valence electrons. The Morgan fingerprint density at radius 1 is 1.23 bits per heavy atom. The number of ether oxygens (including phenoxy) is 1. The van der Waals surface area contributed by atoms with Crippen molar-refractivity contribution < 1.29 is 41.8 Å². The summed E-state index contributed by atoms with van der Waals surface area (Å²) in [5, 5.41) is 8.25. The molecule has 0 fully saturated rings. The van der Waals surface area contributed by atoms with Crippen LogP contribution in [0.5, 0.6) is 0 Å². The third kappa shape index (κ3) is 11.7. The Hall–Kier alpha value is -0.320. The first kappa shape index (κ1) is 15.2. The molecule has 0 atom stereocenters. The predicted octanol–water partition coefficient (Wildman–Crippen LogP) is 1.19. The Labute approximate surface area is 93.2 Å². The molecular formula is C8H14AgO4. The van der Waals surface area contributed by atoms with Crippen LogP contribution in [0, 0.1) is 0 Å². The predicted molar refractivity (Wildman–Crippen MR) is 42.7 cm³/mol. The first-order valence-electron chi connectivity index (χ1n) is 3.75. The molecule has 0 aliphatic rings. The molecule has 0 bridgehead atoms. The fourth-order valence-electron chi connectivity index (χ4n) is 0.602. The van der Waals surface area contributed by atoms with E-state index < -0.39 is 17.5 Å². The van der Waals surface area contributed by atoms with Gasteiger partial charge < -0.3 is 9.84 Å². The Morgan fingerprint density at radius 3 is 2.00 bits per heavy atom. The van der Waals surface area contributed by atoms with Gasteiger partial charge in [-0.05, 0) is 20.8 Å². The molecule has 5 heteroatoms. The number of carbonyl (C=O) groups excluding carboxylic acids is 1. The van der Waals surface area contributed by atoms with Crippen molar-refractivity contribution in [2.45, 2.75) is 39.2 Å². The van der Waals surface area contributed by atoms with E-state index in [4.69, 9.17) is 9.84 Å². The third-order valence-electron chi connectivity index (χ3n) is 0.963. The van der Waals surface area contributed by atoms with Crippen molar-refractivity contribution in [3.63, 3.8) is 0 Å². The summed E-state index contributed by atoms with van der Waals surface area (Å²) in [6, 6.07) is 0. The number of aliphatic carboxylic acids is 1. The minimum atomic E-state index is -0.985. The number of carboxylic acid groups (broad SMARTS) is 1. The molecule has 0 heterocycles. The topological polar surface area (TPSA) is 63.6 Å². The molecule has 0 aromatic heterocycles. The van der Waals surface area contributed by atoms with Gasteiger partial charge in [-0.2, -0.15) is 0 Å². The van der Waals surface area contributed by atoms with Crippen LogP contribution < -0.4 is 0 Å². The Bertz CT molecular complexity index is 183. The molecule has 0 spiro atoms. The molecule has 0 saturated heterocycles. The molecule has 0 aliphatic carbocycles. The first-order valence-corrected chi connectivity index (χ1v) is 3.75. The molecule has 0 saturated carbocycles. The molecule has 0 unspecified atom stereocenters. The van der Waals surface area contributed by atoms with Crippen LogP contribution in [0.3, 0.4) is 0 Å². The van der Waals surface area contributed by atoms with Gasteiger partial charge in [-0.3, -0.25) is 9.59 Å². The summed E-state index contributed by atoms with van der Waals surface area (Å²) in [5.41, 5.74) is -0.532. The molecule has 0 aromatic carbocycles. The number of esters is 1. The maximum Gasteiger partial charge on any atom is 0.306 e. The monoisotopic (exact) mass is 281 g/mol. The molecule has 1 N–H and O–H groups in total. The maximum atomic E-state index is 10.9. The van der Waals surface area contributed by atoms with E-state index in [2.05, 4.69) is 0 Å². The van der Waals surface area contributed by atoms with Gasteiger partial charge in [0, 0.05) is 22.4 Å². The third-order valence-corrected chi connectivity index (χ3v) is 0.963. The summed E-state index contributed by atoms with van der Waals surface area (Å²) in [7, 11) is 0. The van der Waals surface area contributed by atoms with Crippen LogP contribution in [0.2, 0.25) is 0 Å². The zero-order valence-electron chi connectivity index (χ0n) is 7.89. The normalized spacial score (nSPS) is 10.1. The van der Waals surface area contributed by atoms with Crippen molar-refractivity contribution in [1.29, 1.82) is 0 Å². The molecule has 13 heavy (non-hydrogen) atoms. The smallest absolute Gasteiger partial charge is 0.306 e. The van der Waals surface area contributed by atoms with E-state index in [1.54, 1.807) is 20.8 Å². The standard InChI is InChI=1S/C8H14O4.Ag/c1-8(2,3)12-7(11)5-4-6(9)10;/h4-5H2,1-3H3,(H,9,10);. The SMILES string of the molecule is CC(C)(C)OC(=O)CCC(=O)O.[Ag]. The van der Waals surface area contributed by atoms with Crippen molar-refractivity contribution in [3.05, 3.63) is 0 Å². The number of hydrogen-bond donors (Lipinski definition) is 1. The van der Waals surface area contributed by atoms with Gasteiger partial charge in [-0.15, -0.1) is 0 Å². The fraction of sp³-hybridized carbons (Fsp3) is 0.750. The van der Waals surface area contributed by atoms with E-state index in [0.717, 1.165) is 0 Å². The van der Waals surface area contributed by atoms with E-state index in [0.29, 0.717) is 0 Å². The van der Waals surface area contributed by atoms with Crippen molar-refractivity contribution in [3.8, 4) is 0 Å². The summed E-state index contributed by atoms with van der Waals surface area (Å²) < 4.78 is 4.89. The molecule has 0 aliphatic heterocycles. The summed E-state index contributed by atoms with van der Waals surface area (Å²) in [4.78, 5) is 20.9. The van der Waals surface area contributed by atoms with E-state index in [9.17, 15) is 9.59 Å². The Balaban J connectivity index is 0. The van der Waals surface area contributed by atoms with Crippen LogP contribution in [0.25, 0.3) is 0 Å². The van der Waals surface area contributed by atoms with Crippen LogP contribution in [-0.4, -0.2) is 22.6 Å².